The SMILES string of the molecule is CCCNC(c1cc(Br)c(F)cc1OC)c1sccc1Cl. The zero-order valence-corrected chi connectivity index (χ0v) is 14.9. The number of methoxy groups -OCH3 is 1. The molecule has 1 unspecified atom stereocenters. The molecule has 0 aliphatic carbocycles. The quantitative estimate of drug-likeness (QED) is 0.710. The zero-order chi connectivity index (χ0) is 15.4. The molecule has 1 atom stereocenters. The van der Waals surface area contributed by atoms with Gasteiger partial charge in [0.05, 0.1) is 22.6 Å². The van der Waals surface area contributed by atoms with E-state index in [4.69, 9.17) is 16.3 Å². The lowest BCUT2D eigenvalue weighted by Gasteiger charge is -2.21. The molecule has 1 N–H and O–H groups in total. The number of ether oxygens (including phenoxy) is 1. The predicted molar refractivity (Wildman–Crippen MR) is 90.1 cm³/mol. The minimum Gasteiger partial charge on any atom is -0.496 e. The number of nitrogens with one attached hydrogen (secondary N) is 1. The van der Waals surface area contributed by atoms with Gasteiger partial charge < -0.3 is 10.1 Å². The molecule has 1 aromatic heterocycles. The van der Waals surface area contributed by atoms with Crippen molar-refractivity contribution in [1.29, 1.82) is 0 Å². The van der Waals surface area contributed by atoms with Gasteiger partial charge in [-0.25, -0.2) is 4.39 Å². The highest BCUT2D eigenvalue weighted by atomic mass is 79.9. The van der Waals surface area contributed by atoms with Crippen LogP contribution in [0, 0.1) is 5.82 Å². The Morgan fingerprint density at radius 1 is 1.48 bits per heavy atom. The number of benzene rings is 1. The summed E-state index contributed by atoms with van der Waals surface area (Å²) in [6.07, 6.45) is 0.990. The first kappa shape index (κ1) is 16.7. The van der Waals surface area contributed by atoms with Crippen molar-refractivity contribution in [2.24, 2.45) is 0 Å². The second-order valence-corrected chi connectivity index (χ2v) is 6.74. The molecule has 6 heteroatoms. The number of hydrogen-bond acceptors (Lipinski definition) is 3. The largest absolute Gasteiger partial charge is 0.496 e. The Hall–Kier alpha value is -0.620. The van der Waals surface area contributed by atoms with Crippen LogP contribution in [0.25, 0.3) is 0 Å². The molecule has 0 amide bonds. The van der Waals surface area contributed by atoms with E-state index in [0.29, 0.717) is 15.2 Å². The van der Waals surface area contributed by atoms with Gasteiger partial charge in [0.1, 0.15) is 11.6 Å². The summed E-state index contributed by atoms with van der Waals surface area (Å²) in [6, 6.07) is 4.89. The fourth-order valence-electron chi connectivity index (χ4n) is 2.09. The first-order valence-corrected chi connectivity index (χ1v) is 8.62. The molecular weight excluding hydrogens is 377 g/mol. The summed E-state index contributed by atoms with van der Waals surface area (Å²) in [5, 5.41) is 6.11. The maximum Gasteiger partial charge on any atom is 0.141 e. The summed E-state index contributed by atoms with van der Waals surface area (Å²) >= 11 is 11.1. The Bertz CT molecular complexity index is 620. The molecule has 0 bridgehead atoms. The molecule has 1 aromatic carbocycles. The number of halogens is 3. The zero-order valence-electron chi connectivity index (χ0n) is 11.8. The predicted octanol–water partition coefficient (Wildman–Crippen LogP) is 5.40. The highest BCUT2D eigenvalue weighted by molar-refractivity contribution is 9.10. The van der Waals surface area contributed by atoms with E-state index in [9.17, 15) is 4.39 Å². The Balaban J connectivity index is 2.51. The van der Waals surface area contributed by atoms with E-state index in [1.807, 2.05) is 11.4 Å². The molecule has 2 nitrogen and oxygen atoms in total. The van der Waals surface area contributed by atoms with Crippen molar-refractivity contribution >= 4 is 38.9 Å². The third-order valence-corrected chi connectivity index (χ3v) is 5.12. The molecule has 2 aromatic rings. The average molecular weight is 393 g/mol. The van der Waals surface area contributed by atoms with Crippen LogP contribution < -0.4 is 10.1 Å². The van der Waals surface area contributed by atoms with Crippen molar-refractivity contribution in [1.82, 2.24) is 5.32 Å². The van der Waals surface area contributed by atoms with Crippen molar-refractivity contribution in [3.63, 3.8) is 0 Å². The van der Waals surface area contributed by atoms with Gasteiger partial charge >= 0.3 is 0 Å². The van der Waals surface area contributed by atoms with Crippen LogP contribution in [0.2, 0.25) is 5.02 Å². The van der Waals surface area contributed by atoms with Crippen LogP contribution in [0.3, 0.4) is 0 Å². The van der Waals surface area contributed by atoms with E-state index in [1.54, 1.807) is 24.5 Å². The van der Waals surface area contributed by atoms with Gasteiger partial charge in [-0.2, -0.15) is 0 Å². The Kier molecular flexibility index (Phi) is 6.05. The monoisotopic (exact) mass is 391 g/mol. The first-order chi connectivity index (χ1) is 10.1. The van der Waals surface area contributed by atoms with Gasteiger partial charge in [0.25, 0.3) is 0 Å². The number of hydrogen-bond donors (Lipinski definition) is 1. The van der Waals surface area contributed by atoms with E-state index in [2.05, 4.69) is 28.2 Å². The molecule has 0 saturated carbocycles. The van der Waals surface area contributed by atoms with Gasteiger partial charge in [-0.05, 0) is 46.4 Å². The van der Waals surface area contributed by atoms with Gasteiger partial charge in [-0.15, -0.1) is 11.3 Å². The van der Waals surface area contributed by atoms with Crippen LogP contribution in [0.5, 0.6) is 5.75 Å². The summed E-state index contributed by atoms with van der Waals surface area (Å²) in [6.45, 7) is 2.93. The second-order valence-electron chi connectivity index (χ2n) is 4.53. The van der Waals surface area contributed by atoms with E-state index in [0.717, 1.165) is 23.4 Å². The summed E-state index contributed by atoms with van der Waals surface area (Å²) in [5.74, 6) is 0.163. The van der Waals surface area contributed by atoms with E-state index < -0.39 is 0 Å². The lowest BCUT2D eigenvalue weighted by molar-refractivity contribution is 0.400. The third-order valence-electron chi connectivity index (χ3n) is 3.09. The van der Waals surface area contributed by atoms with Gasteiger partial charge in [0.2, 0.25) is 0 Å². The summed E-state index contributed by atoms with van der Waals surface area (Å²) in [4.78, 5) is 1.00. The third kappa shape index (κ3) is 3.77. The van der Waals surface area contributed by atoms with Crippen molar-refractivity contribution in [3.8, 4) is 5.75 Å². The molecule has 1 heterocycles. The van der Waals surface area contributed by atoms with E-state index in [-0.39, 0.29) is 11.9 Å². The lowest BCUT2D eigenvalue weighted by atomic mass is 10.0. The highest BCUT2D eigenvalue weighted by Crippen LogP contribution is 2.38. The Labute approximate surface area is 141 Å². The molecule has 2 rings (SSSR count). The second kappa shape index (κ2) is 7.58. The molecule has 0 spiro atoms. The van der Waals surface area contributed by atoms with Gasteiger partial charge in [0.15, 0.2) is 0 Å². The fraction of sp³-hybridized carbons (Fsp3) is 0.333. The molecule has 21 heavy (non-hydrogen) atoms. The van der Waals surface area contributed by atoms with Crippen LogP contribution >= 0.6 is 38.9 Å². The maximum absolute atomic E-state index is 13.7. The first-order valence-electron chi connectivity index (χ1n) is 6.57. The van der Waals surface area contributed by atoms with Crippen LogP contribution in [-0.4, -0.2) is 13.7 Å². The molecule has 0 saturated heterocycles. The standard InChI is InChI=1S/C15H16BrClFNOS/c1-3-5-19-14(15-11(17)4-6-21-15)9-7-10(16)12(18)8-13(9)20-2/h4,6-8,14,19H,3,5H2,1-2H3. The van der Waals surface area contributed by atoms with Crippen molar-refractivity contribution in [3.05, 3.63) is 49.3 Å². The summed E-state index contributed by atoms with van der Waals surface area (Å²) < 4.78 is 19.5. The summed E-state index contributed by atoms with van der Waals surface area (Å²) in [5.41, 5.74) is 0.864. The van der Waals surface area contributed by atoms with Crippen molar-refractivity contribution in [2.45, 2.75) is 19.4 Å². The number of rotatable bonds is 6. The minimum absolute atomic E-state index is 0.121. The minimum atomic E-state index is -0.345. The van der Waals surface area contributed by atoms with Crippen LogP contribution in [0.1, 0.15) is 29.8 Å². The fourth-order valence-corrected chi connectivity index (χ4v) is 3.71. The van der Waals surface area contributed by atoms with Crippen LogP contribution in [-0.2, 0) is 0 Å². The molecule has 0 aliphatic rings. The van der Waals surface area contributed by atoms with Gasteiger partial charge in [-0.1, -0.05) is 18.5 Å². The van der Waals surface area contributed by atoms with Gasteiger partial charge in [-0.3, -0.25) is 0 Å². The van der Waals surface area contributed by atoms with Crippen molar-refractivity contribution in [2.75, 3.05) is 13.7 Å². The Morgan fingerprint density at radius 2 is 2.24 bits per heavy atom. The van der Waals surface area contributed by atoms with Gasteiger partial charge in [0, 0.05) is 16.5 Å². The molecule has 0 aliphatic heterocycles. The topological polar surface area (TPSA) is 21.3 Å². The van der Waals surface area contributed by atoms with E-state index >= 15 is 0 Å². The van der Waals surface area contributed by atoms with Crippen LogP contribution in [0.15, 0.2) is 28.1 Å². The lowest BCUT2D eigenvalue weighted by Crippen LogP contribution is -2.23. The molecule has 114 valence electrons. The molecule has 0 fully saturated rings. The van der Waals surface area contributed by atoms with E-state index in [1.165, 1.54) is 6.07 Å². The molecular formula is C15H16BrClFNOS. The summed E-state index contributed by atoms with van der Waals surface area (Å²) in [7, 11) is 1.54. The van der Waals surface area contributed by atoms with Crippen LogP contribution in [0.4, 0.5) is 4.39 Å². The van der Waals surface area contributed by atoms with Crippen molar-refractivity contribution < 1.29 is 9.13 Å². The molecule has 0 radical (unpaired) electrons. The average Bonchev–Trinajstić information content (AvgIpc) is 2.89. The normalized spacial score (nSPS) is 12.4. The number of thiophene rings is 1. The maximum atomic E-state index is 13.7. The highest BCUT2D eigenvalue weighted by Gasteiger charge is 2.23. The Morgan fingerprint density at radius 3 is 2.81 bits per heavy atom. The smallest absolute Gasteiger partial charge is 0.141 e.